The second-order valence-corrected chi connectivity index (χ2v) is 8.58. The normalized spacial score (nSPS) is 13.5. The van der Waals surface area contributed by atoms with Crippen LogP contribution in [-0.4, -0.2) is 30.6 Å². The van der Waals surface area contributed by atoms with E-state index in [1.165, 1.54) is 17.8 Å². The van der Waals surface area contributed by atoms with Crippen LogP contribution >= 0.6 is 11.3 Å². The maximum atomic E-state index is 13.0. The second kappa shape index (κ2) is 8.39. The number of carbonyl (C=O) groups is 1. The number of thiazole rings is 1. The molecule has 1 aliphatic heterocycles. The fourth-order valence-corrected chi connectivity index (χ4v) is 4.77. The minimum Gasteiger partial charge on any atom is -0.321 e. The molecule has 31 heavy (non-hydrogen) atoms. The molecule has 4 aromatic rings. The van der Waals surface area contributed by atoms with Gasteiger partial charge < -0.3 is 9.88 Å². The number of fused-ring (bicyclic) bond motifs is 1. The third-order valence-electron chi connectivity index (χ3n) is 5.37. The van der Waals surface area contributed by atoms with Gasteiger partial charge in [-0.25, -0.2) is 4.98 Å². The number of pyridine rings is 1. The quantitative estimate of drug-likeness (QED) is 0.505. The van der Waals surface area contributed by atoms with Gasteiger partial charge in [-0.15, -0.1) is 21.5 Å². The number of nitrogens with one attached hydrogen (secondary N) is 1. The zero-order valence-corrected chi connectivity index (χ0v) is 18.0. The van der Waals surface area contributed by atoms with Gasteiger partial charge in [0.15, 0.2) is 5.82 Å². The number of rotatable bonds is 4. The van der Waals surface area contributed by atoms with Crippen molar-refractivity contribution in [2.75, 3.05) is 5.32 Å². The highest BCUT2D eigenvalue weighted by molar-refractivity contribution is 7.17. The Kier molecular flexibility index (Phi) is 5.30. The molecule has 1 amide bonds. The van der Waals surface area contributed by atoms with E-state index < -0.39 is 0 Å². The first kappa shape index (κ1) is 19.6. The van der Waals surface area contributed by atoms with Crippen LogP contribution < -0.4 is 5.32 Å². The summed E-state index contributed by atoms with van der Waals surface area (Å²) in [5, 5.41) is 12.6. The molecule has 0 fully saturated rings. The Morgan fingerprint density at radius 3 is 2.90 bits per heavy atom. The summed E-state index contributed by atoms with van der Waals surface area (Å²) in [6.45, 7) is 2.78. The maximum absolute atomic E-state index is 13.0. The van der Waals surface area contributed by atoms with E-state index in [1.807, 2.05) is 49.4 Å². The molecule has 1 N–H and O–H groups in total. The van der Waals surface area contributed by atoms with Crippen LogP contribution in [-0.2, 0) is 13.0 Å². The number of benzene rings is 1. The smallest absolute Gasteiger partial charge is 0.267 e. The number of nitrogens with zero attached hydrogens (tertiary/aromatic N) is 5. The minimum atomic E-state index is -0.172. The number of hydrogen-bond acceptors (Lipinski definition) is 6. The fourth-order valence-electron chi connectivity index (χ4n) is 3.83. The Morgan fingerprint density at radius 2 is 2.03 bits per heavy atom. The molecule has 1 aromatic carbocycles. The van der Waals surface area contributed by atoms with Crippen molar-refractivity contribution in [2.24, 2.45) is 0 Å². The lowest BCUT2D eigenvalue weighted by atomic mass is 10.2. The monoisotopic (exact) mass is 430 g/mol. The van der Waals surface area contributed by atoms with Gasteiger partial charge in [0, 0.05) is 30.4 Å². The summed E-state index contributed by atoms with van der Waals surface area (Å²) >= 11 is 1.35. The summed E-state index contributed by atoms with van der Waals surface area (Å²) in [6.07, 6.45) is 6.20. The van der Waals surface area contributed by atoms with Crippen LogP contribution in [0.25, 0.3) is 22.1 Å². The molecule has 5 rings (SSSR count). The lowest BCUT2D eigenvalue weighted by Crippen LogP contribution is -2.11. The molecule has 4 heterocycles. The van der Waals surface area contributed by atoms with E-state index in [9.17, 15) is 4.79 Å². The van der Waals surface area contributed by atoms with Crippen molar-refractivity contribution in [1.82, 2.24) is 24.7 Å². The van der Waals surface area contributed by atoms with Gasteiger partial charge in [-0.05, 0) is 44.0 Å². The number of aryl methyl sites for hydroxylation is 2. The van der Waals surface area contributed by atoms with Crippen molar-refractivity contribution < 1.29 is 4.79 Å². The van der Waals surface area contributed by atoms with Gasteiger partial charge >= 0.3 is 0 Å². The fraction of sp³-hybridized carbons (Fsp3) is 0.261. The number of hydrogen-bond donors (Lipinski definition) is 1. The summed E-state index contributed by atoms with van der Waals surface area (Å²) in [4.78, 5) is 22.4. The number of amides is 1. The van der Waals surface area contributed by atoms with Crippen LogP contribution in [0.1, 0.15) is 40.5 Å². The molecule has 1 aliphatic rings. The molecule has 0 atom stereocenters. The van der Waals surface area contributed by atoms with E-state index in [2.05, 4.69) is 30.0 Å². The summed E-state index contributed by atoms with van der Waals surface area (Å²) in [6, 6.07) is 13.4. The summed E-state index contributed by atoms with van der Waals surface area (Å²) in [7, 11) is 0. The standard InChI is InChI=1S/C23H22N6OS/c1-15-20(31-23(25-15)18-10-4-5-12-24-18)22(30)26-17-9-7-8-16(14-17)21-28-27-19-11-3-2-6-13-29(19)21/h4-5,7-10,12,14H,2-3,6,11,13H2,1H3,(H,26,30). The van der Waals surface area contributed by atoms with Crippen molar-refractivity contribution in [3.05, 3.63) is 65.1 Å². The molecule has 0 bridgehead atoms. The van der Waals surface area contributed by atoms with E-state index in [4.69, 9.17) is 0 Å². The molecule has 0 unspecified atom stereocenters. The van der Waals surface area contributed by atoms with Crippen LogP contribution in [0.15, 0.2) is 48.7 Å². The van der Waals surface area contributed by atoms with Crippen molar-refractivity contribution in [3.63, 3.8) is 0 Å². The van der Waals surface area contributed by atoms with Crippen molar-refractivity contribution in [1.29, 1.82) is 0 Å². The predicted octanol–water partition coefficient (Wildman–Crippen LogP) is 4.75. The van der Waals surface area contributed by atoms with Gasteiger partial charge in [0.25, 0.3) is 5.91 Å². The second-order valence-electron chi connectivity index (χ2n) is 7.59. The molecular weight excluding hydrogens is 408 g/mol. The minimum absolute atomic E-state index is 0.172. The Hall–Kier alpha value is -3.39. The molecule has 0 spiro atoms. The average molecular weight is 431 g/mol. The lowest BCUT2D eigenvalue weighted by Gasteiger charge is -2.09. The SMILES string of the molecule is Cc1nc(-c2ccccn2)sc1C(=O)Nc1cccc(-c2nnc3n2CCCCC3)c1. The molecule has 3 aromatic heterocycles. The number of anilines is 1. The van der Waals surface area contributed by atoms with Gasteiger partial charge in [0.05, 0.1) is 11.4 Å². The summed E-state index contributed by atoms with van der Waals surface area (Å²) in [5.74, 6) is 1.73. The van der Waals surface area contributed by atoms with Gasteiger partial charge in [-0.1, -0.05) is 24.6 Å². The number of carbonyl (C=O) groups excluding carboxylic acids is 1. The molecular formula is C23H22N6OS. The predicted molar refractivity (Wildman–Crippen MR) is 121 cm³/mol. The molecule has 0 saturated heterocycles. The van der Waals surface area contributed by atoms with Crippen LogP contribution in [0.4, 0.5) is 5.69 Å². The topological polar surface area (TPSA) is 85.6 Å². The van der Waals surface area contributed by atoms with E-state index in [-0.39, 0.29) is 5.91 Å². The third-order valence-corrected chi connectivity index (χ3v) is 6.55. The highest BCUT2D eigenvalue weighted by Crippen LogP contribution is 2.28. The Balaban J connectivity index is 1.39. The molecule has 7 nitrogen and oxygen atoms in total. The van der Waals surface area contributed by atoms with E-state index in [0.717, 1.165) is 59.4 Å². The van der Waals surface area contributed by atoms with Crippen molar-refractivity contribution in [2.45, 2.75) is 39.2 Å². The van der Waals surface area contributed by atoms with Crippen LogP contribution in [0.2, 0.25) is 0 Å². The van der Waals surface area contributed by atoms with E-state index in [1.54, 1.807) is 6.20 Å². The Bertz CT molecular complexity index is 1230. The first-order chi connectivity index (χ1) is 15.2. The van der Waals surface area contributed by atoms with Crippen LogP contribution in [0.5, 0.6) is 0 Å². The highest BCUT2D eigenvalue weighted by Gasteiger charge is 2.19. The van der Waals surface area contributed by atoms with Gasteiger partial charge in [-0.2, -0.15) is 0 Å². The van der Waals surface area contributed by atoms with Gasteiger partial charge in [-0.3, -0.25) is 9.78 Å². The average Bonchev–Trinajstić information content (AvgIpc) is 3.30. The zero-order valence-electron chi connectivity index (χ0n) is 17.2. The molecule has 0 saturated carbocycles. The molecule has 0 aliphatic carbocycles. The lowest BCUT2D eigenvalue weighted by molar-refractivity contribution is 0.103. The third kappa shape index (κ3) is 3.98. The van der Waals surface area contributed by atoms with Crippen molar-refractivity contribution in [3.8, 4) is 22.1 Å². The van der Waals surface area contributed by atoms with Gasteiger partial charge in [0.1, 0.15) is 15.7 Å². The van der Waals surface area contributed by atoms with E-state index in [0.29, 0.717) is 10.6 Å². The van der Waals surface area contributed by atoms with E-state index >= 15 is 0 Å². The Morgan fingerprint density at radius 1 is 1.10 bits per heavy atom. The first-order valence-electron chi connectivity index (χ1n) is 10.4. The van der Waals surface area contributed by atoms with Crippen LogP contribution in [0.3, 0.4) is 0 Å². The van der Waals surface area contributed by atoms with Gasteiger partial charge in [0.2, 0.25) is 0 Å². The molecule has 0 radical (unpaired) electrons. The van der Waals surface area contributed by atoms with Crippen molar-refractivity contribution >= 4 is 22.9 Å². The summed E-state index contributed by atoms with van der Waals surface area (Å²) in [5.41, 5.74) is 3.14. The highest BCUT2D eigenvalue weighted by atomic mass is 32.1. The first-order valence-corrected chi connectivity index (χ1v) is 11.2. The maximum Gasteiger partial charge on any atom is 0.267 e. The Labute approximate surface area is 184 Å². The zero-order chi connectivity index (χ0) is 21.2. The molecule has 156 valence electrons. The molecule has 8 heteroatoms. The largest absolute Gasteiger partial charge is 0.321 e. The summed E-state index contributed by atoms with van der Waals surface area (Å²) < 4.78 is 2.21. The number of aromatic nitrogens is 5. The van der Waals surface area contributed by atoms with Crippen LogP contribution in [0, 0.1) is 6.92 Å².